The molecule has 0 aromatic rings. The molecule has 4 aliphatic carbocycles. The Morgan fingerprint density at radius 3 is 2.12 bits per heavy atom. The van der Waals surface area contributed by atoms with Crippen LogP contribution in [0, 0.1) is 29.1 Å². The van der Waals surface area contributed by atoms with Gasteiger partial charge in [0.25, 0.3) is 0 Å². The summed E-state index contributed by atoms with van der Waals surface area (Å²) in [6.07, 6.45) is 4.79. The molecule has 42 valence electrons. The third-order valence-corrected chi connectivity index (χ3v) is 4.40. The van der Waals surface area contributed by atoms with Crippen molar-refractivity contribution in [3.63, 3.8) is 0 Å². The molecule has 0 amide bonds. The fourth-order valence-electron chi connectivity index (χ4n) is 4.00. The van der Waals surface area contributed by atoms with E-state index in [4.69, 9.17) is 0 Å². The van der Waals surface area contributed by atoms with Gasteiger partial charge in [-0.3, -0.25) is 0 Å². The summed E-state index contributed by atoms with van der Waals surface area (Å²) in [6.45, 7) is 0. The van der Waals surface area contributed by atoms with Crippen LogP contribution in [0.3, 0.4) is 0 Å². The fourth-order valence-corrected chi connectivity index (χ4v) is 4.00. The summed E-state index contributed by atoms with van der Waals surface area (Å²) in [5, 5.41) is 0. The first-order chi connectivity index (χ1) is 3.97. The lowest BCUT2D eigenvalue weighted by Crippen LogP contribution is -1.93. The first-order valence-electron chi connectivity index (χ1n) is 3.97. The molecule has 1 spiro atoms. The molecule has 0 saturated heterocycles. The number of rotatable bonds is 0. The van der Waals surface area contributed by atoms with Gasteiger partial charge in [-0.1, -0.05) is 6.42 Å². The predicted molar refractivity (Wildman–Crippen MR) is 30.2 cm³/mol. The van der Waals surface area contributed by atoms with E-state index in [1.165, 1.54) is 23.7 Å². The van der Waals surface area contributed by atoms with Gasteiger partial charge in [0.2, 0.25) is 0 Å². The largest absolute Gasteiger partial charge is 0.0527 e. The van der Waals surface area contributed by atoms with Crippen molar-refractivity contribution in [1.82, 2.24) is 0 Å². The van der Waals surface area contributed by atoms with Crippen molar-refractivity contribution in [3.05, 3.63) is 0 Å². The van der Waals surface area contributed by atoms with Gasteiger partial charge < -0.3 is 0 Å². The van der Waals surface area contributed by atoms with Crippen LogP contribution < -0.4 is 0 Å². The molecular formula is C8H10. The summed E-state index contributed by atoms with van der Waals surface area (Å²) in [5.41, 5.74) is 1.10. The highest BCUT2D eigenvalue weighted by Crippen LogP contribution is 3.06. The van der Waals surface area contributed by atoms with E-state index in [1.807, 2.05) is 0 Å². The summed E-state index contributed by atoms with van der Waals surface area (Å²) < 4.78 is 0. The second-order valence-corrected chi connectivity index (χ2v) is 4.20. The quantitative estimate of drug-likeness (QED) is 0.440. The van der Waals surface area contributed by atoms with E-state index >= 15 is 0 Å². The van der Waals surface area contributed by atoms with Crippen molar-refractivity contribution < 1.29 is 0 Å². The summed E-state index contributed by atoms with van der Waals surface area (Å²) in [4.78, 5) is 0. The van der Waals surface area contributed by atoms with Crippen molar-refractivity contribution in [3.8, 4) is 0 Å². The van der Waals surface area contributed by atoms with E-state index in [9.17, 15) is 0 Å². The molecule has 0 aromatic heterocycles. The van der Waals surface area contributed by atoms with Crippen LogP contribution in [-0.2, 0) is 0 Å². The van der Waals surface area contributed by atoms with Gasteiger partial charge >= 0.3 is 0 Å². The smallest absolute Gasteiger partial charge is 0.0167 e. The van der Waals surface area contributed by atoms with E-state index in [-0.39, 0.29) is 0 Å². The highest BCUT2D eigenvalue weighted by Gasteiger charge is 3.02. The molecule has 4 unspecified atom stereocenters. The maximum absolute atomic E-state index is 1.61. The second-order valence-electron chi connectivity index (χ2n) is 4.20. The van der Waals surface area contributed by atoms with Crippen LogP contribution in [-0.4, -0.2) is 0 Å². The fraction of sp³-hybridized carbons (Fsp3) is 1.00. The minimum atomic E-state index is 1.10. The SMILES string of the molecule is C1CC2C3C4C(C1)C234. The lowest BCUT2D eigenvalue weighted by atomic mass is 10.0. The monoisotopic (exact) mass is 106 g/mol. The van der Waals surface area contributed by atoms with E-state index in [0.717, 1.165) is 5.41 Å². The minimum Gasteiger partial charge on any atom is -0.0527 e. The van der Waals surface area contributed by atoms with Gasteiger partial charge in [-0.15, -0.1) is 0 Å². The van der Waals surface area contributed by atoms with Gasteiger partial charge in [0.05, 0.1) is 0 Å². The molecule has 0 aromatic carbocycles. The highest BCUT2D eigenvalue weighted by molar-refractivity contribution is 5.49. The Hall–Kier alpha value is 0. The Morgan fingerprint density at radius 2 is 1.62 bits per heavy atom. The average Bonchev–Trinajstić information content (AvgIpc) is 2.62. The second kappa shape index (κ2) is 0.571. The van der Waals surface area contributed by atoms with E-state index in [2.05, 4.69) is 0 Å². The van der Waals surface area contributed by atoms with Crippen LogP contribution in [0.2, 0.25) is 0 Å². The highest BCUT2D eigenvalue weighted by atomic mass is 15.1. The van der Waals surface area contributed by atoms with Crippen LogP contribution in [0.4, 0.5) is 0 Å². The number of hydrogen-bond donors (Lipinski definition) is 0. The zero-order valence-corrected chi connectivity index (χ0v) is 4.93. The molecule has 4 saturated carbocycles. The zero-order valence-electron chi connectivity index (χ0n) is 4.93. The van der Waals surface area contributed by atoms with Crippen molar-refractivity contribution in [2.24, 2.45) is 29.1 Å². The van der Waals surface area contributed by atoms with Gasteiger partial charge in [0.15, 0.2) is 0 Å². The molecule has 4 fully saturated rings. The molecule has 4 rings (SSSR count). The van der Waals surface area contributed by atoms with Gasteiger partial charge in [0.1, 0.15) is 0 Å². The molecule has 4 atom stereocenters. The summed E-state index contributed by atoms with van der Waals surface area (Å²) in [7, 11) is 0. The van der Waals surface area contributed by atoms with Gasteiger partial charge in [-0.25, -0.2) is 0 Å². The van der Waals surface area contributed by atoms with Crippen molar-refractivity contribution in [2.75, 3.05) is 0 Å². The normalized spacial score (nSPS) is 87.0. The molecule has 0 heterocycles. The molecule has 0 radical (unpaired) electrons. The molecule has 0 bridgehead atoms. The van der Waals surface area contributed by atoms with E-state index in [1.54, 1.807) is 19.3 Å². The first kappa shape index (κ1) is 3.24. The molecule has 0 nitrogen and oxygen atoms in total. The van der Waals surface area contributed by atoms with Gasteiger partial charge in [-0.2, -0.15) is 0 Å². The summed E-state index contributed by atoms with van der Waals surface area (Å²) >= 11 is 0. The molecule has 0 heteroatoms. The van der Waals surface area contributed by atoms with Crippen LogP contribution in [0.25, 0.3) is 0 Å². The van der Waals surface area contributed by atoms with Crippen LogP contribution in [0.5, 0.6) is 0 Å². The lowest BCUT2D eigenvalue weighted by molar-refractivity contribution is 0.468. The molecule has 0 aliphatic heterocycles. The summed E-state index contributed by atoms with van der Waals surface area (Å²) in [5.74, 6) is 5.20. The minimum absolute atomic E-state index is 1.10. The lowest BCUT2D eigenvalue weighted by Gasteiger charge is -2.04. The standard InChI is InChI=1S/C8H10/c1-2-4-6-7-5(3-1)8(4,6)7/h4-7H,1-3H2. The Morgan fingerprint density at radius 1 is 1.00 bits per heavy atom. The van der Waals surface area contributed by atoms with Crippen LogP contribution in [0.1, 0.15) is 19.3 Å². The van der Waals surface area contributed by atoms with E-state index < -0.39 is 0 Å². The van der Waals surface area contributed by atoms with Crippen LogP contribution in [0.15, 0.2) is 0 Å². The number of hydrogen-bond acceptors (Lipinski definition) is 0. The Kier molecular flexibility index (Phi) is 0.231. The molecule has 8 heavy (non-hydrogen) atoms. The Balaban J connectivity index is 1.92. The first-order valence-corrected chi connectivity index (χ1v) is 3.97. The van der Waals surface area contributed by atoms with Crippen molar-refractivity contribution in [2.45, 2.75) is 19.3 Å². The van der Waals surface area contributed by atoms with Gasteiger partial charge in [-0.05, 0) is 41.9 Å². The average molecular weight is 106 g/mol. The van der Waals surface area contributed by atoms with Crippen molar-refractivity contribution >= 4 is 0 Å². The van der Waals surface area contributed by atoms with Crippen molar-refractivity contribution in [1.29, 1.82) is 0 Å². The van der Waals surface area contributed by atoms with Gasteiger partial charge in [0, 0.05) is 0 Å². The zero-order chi connectivity index (χ0) is 4.93. The number of fused-ring (bicyclic) bond motifs is 3. The molecule has 0 N–H and O–H groups in total. The predicted octanol–water partition coefficient (Wildman–Crippen LogP) is 1.66. The Bertz CT molecular complexity index is 162. The third-order valence-electron chi connectivity index (χ3n) is 4.40. The Labute approximate surface area is 49.3 Å². The third kappa shape index (κ3) is 0.116. The maximum Gasteiger partial charge on any atom is -0.0167 e. The molecular weight excluding hydrogens is 96.1 g/mol. The maximum atomic E-state index is 1.61. The topological polar surface area (TPSA) is 0 Å². The van der Waals surface area contributed by atoms with Crippen LogP contribution >= 0.6 is 0 Å². The van der Waals surface area contributed by atoms with E-state index in [0.29, 0.717) is 0 Å². The molecule has 4 aliphatic rings. The summed E-state index contributed by atoms with van der Waals surface area (Å²) in [6, 6.07) is 0.